The summed E-state index contributed by atoms with van der Waals surface area (Å²) in [6.07, 6.45) is 3.46. The van der Waals surface area contributed by atoms with Gasteiger partial charge in [0.25, 0.3) is 5.91 Å². The molecule has 1 atom stereocenters. The van der Waals surface area contributed by atoms with E-state index < -0.39 is 5.82 Å². The van der Waals surface area contributed by atoms with Crippen LogP contribution < -0.4 is 10.6 Å². The fraction of sp³-hybridized carbons (Fsp3) is 0.462. The Balaban J connectivity index is 1.93. The molecule has 1 aliphatic rings. The van der Waals surface area contributed by atoms with E-state index in [4.69, 9.17) is 0 Å². The van der Waals surface area contributed by atoms with Crippen molar-refractivity contribution in [3.63, 3.8) is 0 Å². The van der Waals surface area contributed by atoms with Gasteiger partial charge in [0.1, 0.15) is 5.82 Å². The molecule has 1 aromatic carbocycles. The molecule has 1 aromatic rings. The van der Waals surface area contributed by atoms with Gasteiger partial charge >= 0.3 is 0 Å². The van der Waals surface area contributed by atoms with Crippen LogP contribution in [0.5, 0.6) is 0 Å². The SMILES string of the molecule is O=C(NCC1CCCCN1)c1cccc(F)c1Br. The van der Waals surface area contributed by atoms with E-state index in [9.17, 15) is 9.18 Å². The number of piperidine rings is 1. The maximum Gasteiger partial charge on any atom is 0.252 e. The largest absolute Gasteiger partial charge is 0.350 e. The maximum atomic E-state index is 13.3. The molecule has 1 aliphatic heterocycles. The highest BCUT2D eigenvalue weighted by atomic mass is 79.9. The van der Waals surface area contributed by atoms with Crippen molar-refractivity contribution in [1.29, 1.82) is 0 Å². The number of carbonyl (C=O) groups excluding carboxylic acids is 1. The van der Waals surface area contributed by atoms with Gasteiger partial charge in [0, 0.05) is 12.6 Å². The molecule has 5 heteroatoms. The standard InChI is InChI=1S/C13H16BrFN2O/c14-12-10(5-3-6-11(12)15)13(18)17-8-9-4-1-2-7-16-9/h3,5-6,9,16H,1-2,4,7-8H2,(H,17,18). The highest BCUT2D eigenvalue weighted by molar-refractivity contribution is 9.10. The third-order valence-corrected chi connectivity index (χ3v) is 3.92. The molecular formula is C13H16BrFN2O. The van der Waals surface area contributed by atoms with Crippen LogP contribution in [-0.2, 0) is 0 Å². The van der Waals surface area contributed by atoms with Crippen LogP contribution in [0.2, 0.25) is 0 Å². The Labute approximate surface area is 114 Å². The van der Waals surface area contributed by atoms with Gasteiger partial charge in [-0.3, -0.25) is 4.79 Å². The molecule has 0 aliphatic carbocycles. The lowest BCUT2D eigenvalue weighted by molar-refractivity contribution is 0.0946. The van der Waals surface area contributed by atoms with Crippen molar-refractivity contribution < 1.29 is 9.18 Å². The van der Waals surface area contributed by atoms with Crippen molar-refractivity contribution in [2.75, 3.05) is 13.1 Å². The van der Waals surface area contributed by atoms with Crippen LogP contribution in [0.25, 0.3) is 0 Å². The molecule has 0 spiro atoms. The van der Waals surface area contributed by atoms with Crippen LogP contribution in [0, 0.1) is 5.82 Å². The van der Waals surface area contributed by atoms with Crippen molar-refractivity contribution in [1.82, 2.24) is 10.6 Å². The van der Waals surface area contributed by atoms with Crippen LogP contribution in [0.15, 0.2) is 22.7 Å². The second kappa shape index (κ2) is 6.29. The lowest BCUT2D eigenvalue weighted by atomic mass is 10.1. The Bertz CT molecular complexity index is 433. The fourth-order valence-corrected chi connectivity index (χ4v) is 2.53. The van der Waals surface area contributed by atoms with Crippen molar-refractivity contribution in [3.8, 4) is 0 Å². The van der Waals surface area contributed by atoms with Gasteiger partial charge in [-0.1, -0.05) is 12.5 Å². The summed E-state index contributed by atoms with van der Waals surface area (Å²) >= 11 is 3.10. The lowest BCUT2D eigenvalue weighted by Crippen LogP contribution is -2.43. The molecule has 0 aromatic heterocycles. The summed E-state index contributed by atoms with van der Waals surface area (Å²) in [4.78, 5) is 11.9. The number of carbonyl (C=O) groups is 1. The first kappa shape index (κ1) is 13.5. The molecule has 0 bridgehead atoms. The van der Waals surface area contributed by atoms with Gasteiger partial charge in [0.05, 0.1) is 10.0 Å². The predicted molar refractivity (Wildman–Crippen MR) is 72.1 cm³/mol. The zero-order chi connectivity index (χ0) is 13.0. The summed E-state index contributed by atoms with van der Waals surface area (Å²) in [6, 6.07) is 4.80. The molecule has 1 unspecified atom stereocenters. The van der Waals surface area contributed by atoms with Crippen molar-refractivity contribution in [2.45, 2.75) is 25.3 Å². The van der Waals surface area contributed by atoms with Gasteiger partial charge < -0.3 is 10.6 Å². The Hall–Kier alpha value is -0.940. The zero-order valence-corrected chi connectivity index (χ0v) is 11.6. The van der Waals surface area contributed by atoms with Gasteiger partial charge in [-0.25, -0.2) is 4.39 Å². The number of amides is 1. The van der Waals surface area contributed by atoms with E-state index in [1.165, 1.54) is 25.0 Å². The van der Waals surface area contributed by atoms with Crippen LogP contribution in [0.1, 0.15) is 29.6 Å². The fourth-order valence-electron chi connectivity index (χ4n) is 2.09. The molecule has 1 fully saturated rings. The lowest BCUT2D eigenvalue weighted by Gasteiger charge is -2.23. The minimum atomic E-state index is -0.418. The summed E-state index contributed by atoms with van der Waals surface area (Å²) in [6.45, 7) is 1.59. The van der Waals surface area contributed by atoms with Crippen molar-refractivity contribution >= 4 is 21.8 Å². The normalized spacial score (nSPS) is 19.6. The summed E-state index contributed by atoms with van der Waals surface area (Å²) in [5.74, 6) is -0.660. The van der Waals surface area contributed by atoms with E-state index in [-0.39, 0.29) is 10.4 Å². The minimum absolute atomic E-state index is 0.221. The van der Waals surface area contributed by atoms with Gasteiger partial charge in [-0.05, 0) is 47.4 Å². The maximum absolute atomic E-state index is 13.3. The molecule has 3 nitrogen and oxygen atoms in total. The second-order valence-corrected chi connectivity index (χ2v) is 5.25. The molecule has 1 amide bonds. The molecule has 1 heterocycles. The first-order valence-corrected chi connectivity index (χ1v) is 6.93. The molecule has 98 valence electrons. The van der Waals surface area contributed by atoms with Crippen LogP contribution >= 0.6 is 15.9 Å². The van der Waals surface area contributed by atoms with Gasteiger partial charge in [0.2, 0.25) is 0 Å². The average Bonchev–Trinajstić information content (AvgIpc) is 2.40. The minimum Gasteiger partial charge on any atom is -0.350 e. The third kappa shape index (κ3) is 3.29. The quantitative estimate of drug-likeness (QED) is 0.900. The van der Waals surface area contributed by atoms with E-state index >= 15 is 0 Å². The Morgan fingerprint density at radius 3 is 3.06 bits per heavy atom. The smallest absolute Gasteiger partial charge is 0.252 e. The van der Waals surface area contributed by atoms with E-state index in [2.05, 4.69) is 26.6 Å². The average molecular weight is 315 g/mol. The van der Waals surface area contributed by atoms with E-state index in [0.717, 1.165) is 13.0 Å². The summed E-state index contributed by atoms with van der Waals surface area (Å²) < 4.78 is 13.5. The van der Waals surface area contributed by atoms with Gasteiger partial charge in [-0.15, -0.1) is 0 Å². The molecule has 0 saturated carbocycles. The number of rotatable bonds is 3. The summed E-state index contributed by atoms with van der Waals surface area (Å²) in [5.41, 5.74) is 0.339. The zero-order valence-electron chi connectivity index (χ0n) is 10.0. The van der Waals surface area contributed by atoms with Crippen molar-refractivity contribution in [3.05, 3.63) is 34.1 Å². The molecule has 2 rings (SSSR count). The first-order chi connectivity index (χ1) is 8.68. The van der Waals surface area contributed by atoms with Crippen molar-refractivity contribution in [2.24, 2.45) is 0 Å². The van der Waals surface area contributed by atoms with E-state index in [1.54, 1.807) is 6.07 Å². The summed E-state index contributed by atoms with van der Waals surface area (Å²) in [7, 11) is 0. The number of benzene rings is 1. The Morgan fingerprint density at radius 1 is 1.50 bits per heavy atom. The predicted octanol–water partition coefficient (Wildman–Crippen LogP) is 2.46. The Morgan fingerprint density at radius 2 is 2.33 bits per heavy atom. The highest BCUT2D eigenvalue weighted by Gasteiger charge is 2.16. The van der Waals surface area contributed by atoms with Crippen LogP contribution in [0.4, 0.5) is 4.39 Å². The third-order valence-electron chi connectivity index (χ3n) is 3.12. The molecule has 18 heavy (non-hydrogen) atoms. The molecule has 0 radical (unpaired) electrons. The topological polar surface area (TPSA) is 41.1 Å². The number of hydrogen-bond donors (Lipinski definition) is 2. The number of halogens is 2. The molecular weight excluding hydrogens is 299 g/mol. The first-order valence-electron chi connectivity index (χ1n) is 6.14. The molecule has 2 N–H and O–H groups in total. The van der Waals surface area contributed by atoms with Crippen LogP contribution in [-0.4, -0.2) is 25.0 Å². The second-order valence-electron chi connectivity index (χ2n) is 4.46. The van der Waals surface area contributed by atoms with E-state index in [1.807, 2.05) is 0 Å². The monoisotopic (exact) mass is 314 g/mol. The highest BCUT2D eigenvalue weighted by Crippen LogP contribution is 2.20. The van der Waals surface area contributed by atoms with Gasteiger partial charge in [0.15, 0.2) is 0 Å². The summed E-state index contributed by atoms with van der Waals surface area (Å²) in [5, 5.41) is 6.19. The number of nitrogens with one attached hydrogen (secondary N) is 2. The van der Waals surface area contributed by atoms with E-state index in [0.29, 0.717) is 18.2 Å². The number of hydrogen-bond acceptors (Lipinski definition) is 2. The Kier molecular flexibility index (Phi) is 4.72. The van der Waals surface area contributed by atoms with Gasteiger partial charge in [-0.2, -0.15) is 0 Å². The molecule has 1 saturated heterocycles. The van der Waals surface area contributed by atoms with Crippen LogP contribution in [0.3, 0.4) is 0 Å².